The summed E-state index contributed by atoms with van der Waals surface area (Å²) in [6.07, 6.45) is 7.49. The van der Waals surface area contributed by atoms with Gasteiger partial charge in [0.05, 0.1) is 0 Å². The van der Waals surface area contributed by atoms with Crippen molar-refractivity contribution in [1.82, 2.24) is 14.9 Å². The minimum absolute atomic E-state index is 0.220. The number of benzene rings is 2. The van der Waals surface area contributed by atoms with Crippen molar-refractivity contribution in [1.29, 1.82) is 0 Å². The maximum atomic E-state index is 4.35. The highest BCUT2D eigenvalue weighted by Gasteiger charge is 2.41. The van der Waals surface area contributed by atoms with Crippen molar-refractivity contribution < 1.29 is 0 Å². The van der Waals surface area contributed by atoms with Crippen molar-refractivity contribution in [2.75, 3.05) is 0 Å². The van der Waals surface area contributed by atoms with Crippen LogP contribution in [0.1, 0.15) is 52.5 Å². The lowest BCUT2D eigenvalue weighted by atomic mass is 9.79. The molecule has 28 heavy (non-hydrogen) atoms. The normalized spacial score (nSPS) is 18.9. The van der Waals surface area contributed by atoms with E-state index in [1.165, 1.54) is 36.0 Å². The third kappa shape index (κ3) is 3.64. The molecule has 1 aromatic heterocycles. The van der Waals surface area contributed by atoms with Crippen LogP contribution in [0, 0.1) is 0 Å². The number of likely N-dealkylation sites (tertiary alicyclic amines) is 1. The minimum atomic E-state index is 0.220. The molecule has 4 rings (SSSR count). The molecule has 0 saturated carbocycles. The third-order valence-corrected chi connectivity index (χ3v) is 6.35. The molecule has 2 heterocycles. The number of hydrogen-bond donors (Lipinski definition) is 1. The van der Waals surface area contributed by atoms with Crippen molar-refractivity contribution >= 4 is 0 Å². The van der Waals surface area contributed by atoms with Gasteiger partial charge in [0.1, 0.15) is 5.82 Å². The van der Waals surface area contributed by atoms with Crippen LogP contribution in [0.4, 0.5) is 0 Å². The van der Waals surface area contributed by atoms with E-state index in [4.69, 9.17) is 0 Å². The number of nitrogens with zero attached hydrogens (tertiary/aromatic N) is 2. The van der Waals surface area contributed by atoms with Gasteiger partial charge in [-0.25, -0.2) is 4.98 Å². The highest BCUT2D eigenvalue weighted by Crippen LogP contribution is 2.40. The Balaban J connectivity index is 1.66. The zero-order chi connectivity index (χ0) is 19.8. The van der Waals surface area contributed by atoms with Gasteiger partial charge >= 0.3 is 0 Å². The second-order valence-electron chi connectivity index (χ2n) is 9.24. The van der Waals surface area contributed by atoms with E-state index in [1.807, 2.05) is 6.20 Å². The van der Waals surface area contributed by atoms with E-state index in [-0.39, 0.29) is 11.1 Å². The summed E-state index contributed by atoms with van der Waals surface area (Å²) in [5.41, 5.74) is 5.54. The van der Waals surface area contributed by atoms with Gasteiger partial charge in [-0.3, -0.25) is 4.90 Å². The summed E-state index contributed by atoms with van der Waals surface area (Å²) in [7, 11) is 0. The average molecular weight is 374 g/mol. The number of nitrogens with one attached hydrogen (secondary N) is 1. The smallest absolute Gasteiger partial charge is 0.137 e. The van der Waals surface area contributed by atoms with E-state index < -0.39 is 0 Å². The Hall–Kier alpha value is -2.39. The second-order valence-corrected chi connectivity index (χ2v) is 9.24. The Morgan fingerprint density at radius 3 is 2.18 bits per heavy atom. The average Bonchev–Trinajstić information content (AvgIpc) is 3.20. The SMILES string of the molecule is CC1(C)CCCC(C)(C)N1Cc1ccccc1-c1ccc(-c2ncc[nH]2)cc1. The van der Waals surface area contributed by atoms with E-state index in [0.29, 0.717) is 0 Å². The number of piperidine rings is 1. The molecule has 0 unspecified atom stereocenters. The first-order valence-corrected chi connectivity index (χ1v) is 10.3. The number of rotatable bonds is 4. The van der Waals surface area contributed by atoms with E-state index >= 15 is 0 Å². The van der Waals surface area contributed by atoms with Crippen molar-refractivity contribution in [3.05, 3.63) is 66.5 Å². The number of aromatic nitrogens is 2. The molecular weight excluding hydrogens is 342 g/mol. The Kier molecular flexibility index (Phi) is 4.88. The van der Waals surface area contributed by atoms with Gasteiger partial charge in [0, 0.05) is 35.6 Å². The molecule has 0 radical (unpaired) electrons. The second kappa shape index (κ2) is 7.21. The maximum absolute atomic E-state index is 4.35. The van der Waals surface area contributed by atoms with Crippen molar-refractivity contribution in [3.8, 4) is 22.5 Å². The molecule has 0 aliphatic carbocycles. The fourth-order valence-corrected chi connectivity index (χ4v) is 4.81. The molecule has 3 aromatic rings. The van der Waals surface area contributed by atoms with Gasteiger partial charge < -0.3 is 4.98 Å². The predicted molar refractivity (Wildman–Crippen MR) is 117 cm³/mol. The molecule has 1 aliphatic heterocycles. The molecule has 0 atom stereocenters. The number of hydrogen-bond acceptors (Lipinski definition) is 2. The molecule has 2 aromatic carbocycles. The Labute approximate surface area is 168 Å². The van der Waals surface area contributed by atoms with E-state index in [9.17, 15) is 0 Å². The van der Waals surface area contributed by atoms with Crippen LogP contribution in [0.2, 0.25) is 0 Å². The van der Waals surface area contributed by atoms with E-state index in [0.717, 1.165) is 17.9 Å². The fraction of sp³-hybridized carbons (Fsp3) is 0.400. The van der Waals surface area contributed by atoms with Crippen LogP contribution in [-0.4, -0.2) is 25.9 Å². The molecule has 1 aliphatic rings. The monoisotopic (exact) mass is 373 g/mol. The Morgan fingerprint density at radius 1 is 0.893 bits per heavy atom. The molecule has 1 N–H and O–H groups in total. The zero-order valence-corrected chi connectivity index (χ0v) is 17.5. The highest BCUT2D eigenvalue weighted by molar-refractivity contribution is 5.70. The van der Waals surface area contributed by atoms with Gasteiger partial charge in [0.15, 0.2) is 0 Å². The van der Waals surface area contributed by atoms with Crippen LogP contribution in [0.15, 0.2) is 60.9 Å². The van der Waals surface area contributed by atoms with Crippen molar-refractivity contribution in [2.45, 2.75) is 64.6 Å². The number of H-pyrrole nitrogens is 1. The van der Waals surface area contributed by atoms with Crippen LogP contribution in [-0.2, 0) is 6.54 Å². The number of imidazole rings is 1. The molecule has 3 heteroatoms. The molecule has 3 nitrogen and oxygen atoms in total. The summed E-state index contributed by atoms with van der Waals surface area (Å²) >= 11 is 0. The molecule has 1 fully saturated rings. The zero-order valence-electron chi connectivity index (χ0n) is 17.5. The first kappa shape index (κ1) is 18.9. The molecule has 1 saturated heterocycles. The first-order chi connectivity index (χ1) is 13.4. The van der Waals surface area contributed by atoms with Crippen LogP contribution in [0.5, 0.6) is 0 Å². The van der Waals surface area contributed by atoms with Gasteiger partial charge in [0.2, 0.25) is 0 Å². The molecule has 0 amide bonds. The van der Waals surface area contributed by atoms with Crippen molar-refractivity contribution in [3.63, 3.8) is 0 Å². The third-order valence-electron chi connectivity index (χ3n) is 6.35. The fourth-order valence-electron chi connectivity index (χ4n) is 4.81. The summed E-state index contributed by atoms with van der Waals surface area (Å²) < 4.78 is 0. The predicted octanol–water partition coefficient (Wildman–Crippen LogP) is 6.29. The maximum Gasteiger partial charge on any atom is 0.137 e. The van der Waals surface area contributed by atoms with Gasteiger partial charge in [0.25, 0.3) is 0 Å². The summed E-state index contributed by atoms with van der Waals surface area (Å²) in [4.78, 5) is 10.2. The minimum Gasteiger partial charge on any atom is -0.345 e. The lowest BCUT2D eigenvalue weighted by Crippen LogP contribution is -2.57. The van der Waals surface area contributed by atoms with Gasteiger partial charge in [-0.05, 0) is 63.6 Å². The molecule has 0 spiro atoms. The lowest BCUT2D eigenvalue weighted by Gasteiger charge is -2.53. The van der Waals surface area contributed by atoms with Gasteiger partial charge in [-0.2, -0.15) is 0 Å². The molecule has 0 bridgehead atoms. The van der Waals surface area contributed by atoms with Crippen LogP contribution in [0.25, 0.3) is 22.5 Å². The van der Waals surface area contributed by atoms with Crippen molar-refractivity contribution in [2.24, 2.45) is 0 Å². The van der Waals surface area contributed by atoms with Crippen LogP contribution in [0.3, 0.4) is 0 Å². The highest BCUT2D eigenvalue weighted by atomic mass is 15.3. The molecule has 146 valence electrons. The summed E-state index contributed by atoms with van der Waals surface area (Å²) in [6.45, 7) is 10.6. The molecular formula is C25H31N3. The van der Waals surface area contributed by atoms with E-state index in [1.54, 1.807) is 6.20 Å². The first-order valence-electron chi connectivity index (χ1n) is 10.3. The largest absolute Gasteiger partial charge is 0.345 e. The summed E-state index contributed by atoms with van der Waals surface area (Å²) in [5, 5.41) is 0. The number of aromatic amines is 1. The quantitative estimate of drug-likeness (QED) is 0.583. The Bertz CT molecular complexity index is 905. The van der Waals surface area contributed by atoms with Gasteiger partial charge in [-0.1, -0.05) is 48.5 Å². The van der Waals surface area contributed by atoms with Crippen LogP contribution >= 0.6 is 0 Å². The topological polar surface area (TPSA) is 31.9 Å². The Morgan fingerprint density at radius 2 is 1.54 bits per heavy atom. The standard InChI is InChI=1S/C25H31N3/c1-24(2)14-7-15-25(3,4)28(24)18-21-8-5-6-9-22(21)19-10-12-20(13-11-19)23-26-16-17-27-23/h5-6,8-13,16-17H,7,14-15,18H2,1-4H3,(H,26,27). The lowest BCUT2D eigenvalue weighted by molar-refractivity contribution is -0.0339. The summed E-state index contributed by atoms with van der Waals surface area (Å²) in [5.74, 6) is 0.914. The summed E-state index contributed by atoms with van der Waals surface area (Å²) in [6, 6.07) is 17.6. The van der Waals surface area contributed by atoms with Crippen LogP contribution < -0.4 is 0 Å². The van der Waals surface area contributed by atoms with Gasteiger partial charge in [-0.15, -0.1) is 0 Å². The van der Waals surface area contributed by atoms with E-state index in [2.05, 4.69) is 91.1 Å².